The molecule has 72 valence electrons. The summed E-state index contributed by atoms with van der Waals surface area (Å²) in [7, 11) is 0. The second-order valence-corrected chi connectivity index (χ2v) is 3.67. The largest absolute Gasteiger partial charge is 0.333 e. The number of nitrogens with zero attached hydrogens (tertiary/aromatic N) is 2. The third-order valence-electron chi connectivity index (χ3n) is 2.63. The second kappa shape index (κ2) is 3.50. The van der Waals surface area contributed by atoms with Gasteiger partial charge in [-0.05, 0) is 26.3 Å². The van der Waals surface area contributed by atoms with E-state index in [9.17, 15) is 0 Å². The van der Waals surface area contributed by atoms with Crippen LogP contribution in [0.15, 0.2) is 6.20 Å². The molecular weight excluding hydrogens is 162 g/mol. The molecule has 0 bridgehead atoms. The van der Waals surface area contributed by atoms with E-state index < -0.39 is 0 Å². The SMILES string of the molecule is CCc1cn2c(n1)C(C)NCCC2. The van der Waals surface area contributed by atoms with Crippen LogP contribution in [-0.2, 0) is 13.0 Å². The van der Waals surface area contributed by atoms with E-state index in [2.05, 4.69) is 34.9 Å². The Kier molecular flexibility index (Phi) is 2.36. The topological polar surface area (TPSA) is 29.9 Å². The van der Waals surface area contributed by atoms with Gasteiger partial charge in [0.2, 0.25) is 0 Å². The fourth-order valence-electron chi connectivity index (χ4n) is 1.84. The number of hydrogen-bond acceptors (Lipinski definition) is 2. The van der Waals surface area contributed by atoms with Gasteiger partial charge >= 0.3 is 0 Å². The second-order valence-electron chi connectivity index (χ2n) is 3.67. The Hall–Kier alpha value is -0.830. The number of rotatable bonds is 1. The maximum absolute atomic E-state index is 4.61. The van der Waals surface area contributed by atoms with Gasteiger partial charge in [-0.3, -0.25) is 0 Å². The first kappa shape index (κ1) is 8.75. The summed E-state index contributed by atoms with van der Waals surface area (Å²) in [5.41, 5.74) is 1.21. The van der Waals surface area contributed by atoms with Crippen LogP contribution < -0.4 is 5.32 Å². The van der Waals surface area contributed by atoms with Crippen LogP contribution in [0.25, 0.3) is 0 Å². The fraction of sp³-hybridized carbons (Fsp3) is 0.700. The van der Waals surface area contributed by atoms with Crippen LogP contribution in [0.5, 0.6) is 0 Å². The molecule has 1 N–H and O–H groups in total. The van der Waals surface area contributed by atoms with Gasteiger partial charge in [0, 0.05) is 12.7 Å². The maximum atomic E-state index is 4.61. The van der Waals surface area contributed by atoms with Crippen molar-refractivity contribution in [2.75, 3.05) is 6.54 Å². The average Bonchev–Trinajstić information content (AvgIpc) is 2.48. The zero-order valence-electron chi connectivity index (χ0n) is 8.38. The first-order valence-corrected chi connectivity index (χ1v) is 5.10. The molecule has 3 nitrogen and oxygen atoms in total. The van der Waals surface area contributed by atoms with E-state index in [0.29, 0.717) is 6.04 Å². The van der Waals surface area contributed by atoms with Crippen LogP contribution in [0.1, 0.15) is 37.8 Å². The maximum Gasteiger partial charge on any atom is 0.125 e. The molecule has 0 fully saturated rings. The van der Waals surface area contributed by atoms with Crippen molar-refractivity contribution in [3.05, 3.63) is 17.7 Å². The third kappa shape index (κ3) is 1.61. The minimum Gasteiger partial charge on any atom is -0.333 e. The number of nitrogens with one attached hydrogen (secondary N) is 1. The van der Waals surface area contributed by atoms with Crippen molar-refractivity contribution in [3.8, 4) is 0 Å². The Morgan fingerprint density at radius 1 is 1.69 bits per heavy atom. The Morgan fingerprint density at radius 2 is 2.54 bits per heavy atom. The first-order chi connectivity index (χ1) is 6.31. The van der Waals surface area contributed by atoms with Gasteiger partial charge in [-0.2, -0.15) is 0 Å². The van der Waals surface area contributed by atoms with Crippen molar-refractivity contribution < 1.29 is 0 Å². The Morgan fingerprint density at radius 3 is 3.31 bits per heavy atom. The lowest BCUT2D eigenvalue weighted by atomic mass is 10.3. The summed E-state index contributed by atoms with van der Waals surface area (Å²) < 4.78 is 2.30. The molecule has 0 spiro atoms. The molecule has 13 heavy (non-hydrogen) atoms. The zero-order valence-corrected chi connectivity index (χ0v) is 8.38. The third-order valence-corrected chi connectivity index (χ3v) is 2.63. The lowest BCUT2D eigenvalue weighted by Crippen LogP contribution is -2.18. The standard InChI is InChI=1S/C10H17N3/c1-3-9-7-13-6-4-5-11-8(2)10(13)12-9/h7-8,11H,3-6H2,1-2H3. The lowest BCUT2D eigenvalue weighted by Gasteiger charge is -2.08. The molecule has 2 rings (SSSR count). The highest BCUT2D eigenvalue weighted by atomic mass is 15.1. The van der Waals surface area contributed by atoms with E-state index >= 15 is 0 Å². The summed E-state index contributed by atoms with van der Waals surface area (Å²) in [6.45, 7) is 6.55. The van der Waals surface area contributed by atoms with Crippen molar-refractivity contribution in [2.24, 2.45) is 0 Å². The highest BCUT2D eigenvalue weighted by Crippen LogP contribution is 2.16. The molecule has 1 aromatic heterocycles. The number of hydrogen-bond donors (Lipinski definition) is 1. The van der Waals surface area contributed by atoms with Gasteiger partial charge in [-0.25, -0.2) is 4.98 Å². The van der Waals surface area contributed by atoms with Gasteiger partial charge in [0.15, 0.2) is 0 Å². The summed E-state index contributed by atoms with van der Waals surface area (Å²) in [6.07, 6.45) is 4.43. The predicted molar refractivity (Wildman–Crippen MR) is 52.6 cm³/mol. The molecule has 1 atom stereocenters. The number of aryl methyl sites for hydroxylation is 2. The number of aromatic nitrogens is 2. The molecule has 3 heteroatoms. The molecule has 1 aliphatic heterocycles. The Balaban J connectivity index is 2.33. The van der Waals surface area contributed by atoms with Crippen molar-refractivity contribution in [1.82, 2.24) is 14.9 Å². The molecule has 0 saturated heterocycles. The fourth-order valence-corrected chi connectivity index (χ4v) is 1.84. The highest BCUT2D eigenvalue weighted by molar-refractivity contribution is 5.08. The van der Waals surface area contributed by atoms with Gasteiger partial charge < -0.3 is 9.88 Å². The average molecular weight is 179 g/mol. The van der Waals surface area contributed by atoms with Crippen molar-refractivity contribution >= 4 is 0 Å². The Labute approximate surface area is 79.2 Å². The molecule has 2 heterocycles. The Bertz CT molecular complexity index is 290. The first-order valence-electron chi connectivity index (χ1n) is 5.10. The monoisotopic (exact) mass is 179 g/mol. The van der Waals surface area contributed by atoms with Gasteiger partial charge in [0.25, 0.3) is 0 Å². The summed E-state index contributed by atoms with van der Waals surface area (Å²) in [5.74, 6) is 1.20. The minimum atomic E-state index is 0.405. The molecule has 0 saturated carbocycles. The molecule has 0 radical (unpaired) electrons. The van der Waals surface area contributed by atoms with E-state index in [1.165, 1.54) is 17.9 Å². The lowest BCUT2D eigenvalue weighted by molar-refractivity contribution is 0.569. The van der Waals surface area contributed by atoms with E-state index in [4.69, 9.17) is 0 Å². The molecule has 0 aliphatic carbocycles. The minimum absolute atomic E-state index is 0.405. The smallest absolute Gasteiger partial charge is 0.125 e. The quantitative estimate of drug-likeness (QED) is 0.708. The molecule has 1 aliphatic rings. The van der Waals surface area contributed by atoms with E-state index in [1.807, 2.05) is 0 Å². The summed E-state index contributed by atoms with van der Waals surface area (Å²) in [6, 6.07) is 0.405. The summed E-state index contributed by atoms with van der Waals surface area (Å²) in [4.78, 5) is 4.61. The van der Waals surface area contributed by atoms with Gasteiger partial charge in [0.1, 0.15) is 5.82 Å². The summed E-state index contributed by atoms with van der Waals surface area (Å²) >= 11 is 0. The van der Waals surface area contributed by atoms with Crippen LogP contribution in [0, 0.1) is 0 Å². The number of fused-ring (bicyclic) bond motifs is 1. The predicted octanol–water partition coefficient (Wildman–Crippen LogP) is 1.50. The van der Waals surface area contributed by atoms with E-state index in [-0.39, 0.29) is 0 Å². The van der Waals surface area contributed by atoms with Crippen LogP contribution in [0.2, 0.25) is 0 Å². The summed E-state index contributed by atoms with van der Waals surface area (Å²) in [5, 5.41) is 3.45. The zero-order chi connectivity index (χ0) is 9.26. The molecule has 1 unspecified atom stereocenters. The van der Waals surface area contributed by atoms with Crippen LogP contribution in [0.4, 0.5) is 0 Å². The molecular formula is C10H17N3. The van der Waals surface area contributed by atoms with Crippen molar-refractivity contribution in [2.45, 2.75) is 39.3 Å². The van der Waals surface area contributed by atoms with Crippen molar-refractivity contribution in [1.29, 1.82) is 0 Å². The molecule has 0 amide bonds. The van der Waals surface area contributed by atoms with Crippen LogP contribution in [-0.4, -0.2) is 16.1 Å². The highest BCUT2D eigenvalue weighted by Gasteiger charge is 2.16. The van der Waals surface area contributed by atoms with E-state index in [1.54, 1.807) is 0 Å². The van der Waals surface area contributed by atoms with Crippen LogP contribution in [0.3, 0.4) is 0 Å². The van der Waals surface area contributed by atoms with Gasteiger partial charge in [0.05, 0.1) is 11.7 Å². The normalized spacial score (nSPS) is 22.5. The molecule has 1 aromatic rings. The molecule has 0 aromatic carbocycles. The number of imidazole rings is 1. The van der Waals surface area contributed by atoms with E-state index in [0.717, 1.165) is 19.5 Å². The van der Waals surface area contributed by atoms with Gasteiger partial charge in [-0.15, -0.1) is 0 Å². The van der Waals surface area contributed by atoms with Crippen molar-refractivity contribution in [3.63, 3.8) is 0 Å². The van der Waals surface area contributed by atoms with Crippen LogP contribution >= 0.6 is 0 Å². The van der Waals surface area contributed by atoms with Gasteiger partial charge in [-0.1, -0.05) is 6.92 Å².